The quantitative estimate of drug-likeness (QED) is 0.444. The summed E-state index contributed by atoms with van der Waals surface area (Å²) in [6.07, 6.45) is -4.41. The predicted octanol–water partition coefficient (Wildman–Crippen LogP) is 4.39. The Kier molecular flexibility index (Phi) is 6.58. The molecular weight excluding hydrogens is 277 g/mol. The molecule has 0 aromatic heterocycles. The van der Waals surface area contributed by atoms with Crippen molar-refractivity contribution in [3.05, 3.63) is 29.8 Å². The predicted molar refractivity (Wildman–Crippen MR) is 69.4 cm³/mol. The molecule has 104 valence electrons. The van der Waals surface area contributed by atoms with Crippen molar-refractivity contribution in [1.29, 1.82) is 0 Å². The molecule has 0 aliphatic rings. The molecule has 0 atom stereocenters. The molecule has 0 N–H and O–H groups in total. The fourth-order valence-corrected chi connectivity index (χ4v) is 1.43. The van der Waals surface area contributed by atoms with Gasteiger partial charge in [0.25, 0.3) is 0 Å². The second kappa shape index (κ2) is 7.96. The van der Waals surface area contributed by atoms with Crippen LogP contribution in [0.4, 0.5) is 13.2 Å². The van der Waals surface area contributed by atoms with Gasteiger partial charge in [0.15, 0.2) is 0 Å². The number of rotatable bonds is 5. The Bertz CT molecular complexity index is 446. The molecule has 0 spiro atoms. The summed E-state index contributed by atoms with van der Waals surface area (Å²) in [6.45, 7) is 0.0398. The average Bonchev–Trinajstić information content (AvgIpc) is 2.35. The van der Waals surface area contributed by atoms with Crippen molar-refractivity contribution in [1.82, 2.24) is 0 Å². The normalized spacial score (nSPS) is 10.7. The Morgan fingerprint density at radius 1 is 1.26 bits per heavy atom. The van der Waals surface area contributed by atoms with Gasteiger partial charge in [-0.05, 0) is 24.6 Å². The maximum atomic E-state index is 11.9. The van der Waals surface area contributed by atoms with Gasteiger partial charge in [-0.3, -0.25) is 0 Å². The molecule has 1 aromatic rings. The highest BCUT2D eigenvalue weighted by molar-refractivity contribution is 6.18. The number of halogens is 4. The highest BCUT2D eigenvalue weighted by Crippen LogP contribution is 2.21. The molecular formula is C14H14ClF3O. The van der Waals surface area contributed by atoms with Crippen LogP contribution in [0.15, 0.2) is 24.3 Å². The van der Waals surface area contributed by atoms with Crippen LogP contribution in [0.25, 0.3) is 0 Å². The molecule has 0 bridgehead atoms. The van der Waals surface area contributed by atoms with Crippen LogP contribution in [-0.4, -0.2) is 18.7 Å². The van der Waals surface area contributed by atoms with Gasteiger partial charge in [-0.2, -0.15) is 13.2 Å². The van der Waals surface area contributed by atoms with E-state index in [0.29, 0.717) is 18.1 Å². The zero-order valence-corrected chi connectivity index (χ0v) is 11.0. The SMILES string of the molecule is FC(F)(F)CCCOc1cccc(C#CCCCl)c1. The Balaban J connectivity index is 2.43. The van der Waals surface area contributed by atoms with E-state index in [9.17, 15) is 13.2 Å². The second-order valence-corrected chi connectivity index (χ2v) is 4.21. The number of alkyl halides is 4. The van der Waals surface area contributed by atoms with E-state index in [1.807, 2.05) is 6.07 Å². The zero-order valence-electron chi connectivity index (χ0n) is 10.3. The molecule has 19 heavy (non-hydrogen) atoms. The fraction of sp³-hybridized carbons (Fsp3) is 0.429. The minimum atomic E-state index is -4.13. The lowest BCUT2D eigenvalue weighted by Gasteiger charge is -2.08. The Labute approximate surface area is 115 Å². The summed E-state index contributed by atoms with van der Waals surface area (Å²) >= 11 is 5.50. The summed E-state index contributed by atoms with van der Waals surface area (Å²) < 4.78 is 41.1. The van der Waals surface area contributed by atoms with E-state index in [0.717, 1.165) is 5.56 Å². The molecule has 0 aliphatic heterocycles. The van der Waals surface area contributed by atoms with Gasteiger partial charge in [0.2, 0.25) is 0 Å². The van der Waals surface area contributed by atoms with E-state index in [4.69, 9.17) is 16.3 Å². The molecule has 1 nitrogen and oxygen atoms in total. The molecule has 0 radical (unpaired) electrons. The zero-order chi connectivity index (χ0) is 14.1. The lowest BCUT2D eigenvalue weighted by Crippen LogP contribution is -2.09. The standard InChI is InChI=1S/C14H14ClF3O/c15-9-2-1-5-12-6-3-7-13(11-12)19-10-4-8-14(16,17)18/h3,6-7,11H,2,4,8-10H2. The van der Waals surface area contributed by atoms with Gasteiger partial charge in [-0.1, -0.05) is 17.9 Å². The van der Waals surface area contributed by atoms with E-state index >= 15 is 0 Å². The maximum Gasteiger partial charge on any atom is 0.389 e. The van der Waals surface area contributed by atoms with Crippen LogP contribution in [0, 0.1) is 11.8 Å². The van der Waals surface area contributed by atoms with Crippen LogP contribution in [0.3, 0.4) is 0 Å². The first kappa shape index (κ1) is 15.7. The summed E-state index contributed by atoms with van der Waals surface area (Å²) in [5, 5.41) is 0. The first-order valence-electron chi connectivity index (χ1n) is 5.86. The molecule has 1 rings (SSSR count). The molecule has 5 heteroatoms. The fourth-order valence-electron chi connectivity index (χ4n) is 1.34. The number of ether oxygens (including phenoxy) is 1. The van der Waals surface area contributed by atoms with Crippen LogP contribution in [0.2, 0.25) is 0 Å². The van der Waals surface area contributed by atoms with E-state index < -0.39 is 12.6 Å². The van der Waals surface area contributed by atoms with Gasteiger partial charge in [-0.25, -0.2) is 0 Å². The molecule has 0 unspecified atom stereocenters. The summed E-state index contributed by atoms with van der Waals surface area (Å²) in [4.78, 5) is 0. The van der Waals surface area contributed by atoms with Crippen LogP contribution < -0.4 is 4.74 Å². The molecule has 0 fully saturated rings. The Hall–Kier alpha value is -1.34. The van der Waals surface area contributed by atoms with Crippen molar-refractivity contribution in [2.75, 3.05) is 12.5 Å². The summed E-state index contributed by atoms with van der Waals surface area (Å²) in [7, 11) is 0. The first-order valence-corrected chi connectivity index (χ1v) is 6.39. The topological polar surface area (TPSA) is 9.23 Å². The van der Waals surface area contributed by atoms with Crippen molar-refractivity contribution >= 4 is 11.6 Å². The molecule has 0 heterocycles. The molecule has 1 aromatic carbocycles. The van der Waals surface area contributed by atoms with Gasteiger partial charge in [-0.15, -0.1) is 11.6 Å². The van der Waals surface area contributed by atoms with Gasteiger partial charge in [0.05, 0.1) is 6.61 Å². The number of benzene rings is 1. The Morgan fingerprint density at radius 3 is 2.74 bits per heavy atom. The highest BCUT2D eigenvalue weighted by Gasteiger charge is 2.26. The minimum Gasteiger partial charge on any atom is -0.494 e. The van der Waals surface area contributed by atoms with Crippen molar-refractivity contribution in [2.24, 2.45) is 0 Å². The van der Waals surface area contributed by atoms with E-state index in [1.54, 1.807) is 18.2 Å². The van der Waals surface area contributed by atoms with Crippen molar-refractivity contribution < 1.29 is 17.9 Å². The van der Waals surface area contributed by atoms with E-state index in [-0.39, 0.29) is 13.0 Å². The third-order valence-corrected chi connectivity index (χ3v) is 2.35. The Morgan fingerprint density at radius 2 is 2.05 bits per heavy atom. The van der Waals surface area contributed by atoms with Crippen molar-refractivity contribution in [2.45, 2.75) is 25.4 Å². The third kappa shape index (κ3) is 7.63. The minimum absolute atomic E-state index is 0.0398. The molecule has 0 saturated carbocycles. The van der Waals surface area contributed by atoms with Gasteiger partial charge in [0.1, 0.15) is 5.75 Å². The van der Waals surface area contributed by atoms with Crippen LogP contribution in [0.5, 0.6) is 5.75 Å². The maximum absolute atomic E-state index is 11.9. The largest absolute Gasteiger partial charge is 0.494 e. The summed E-state index contributed by atoms with van der Waals surface area (Å²) in [6, 6.07) is 6.96. The summed E-state index contributed by atoms with van der Waals surface area (Å²) in [5.41, 5.74) is 0.762. The van der Waals surface area contributed by atoms with E-state index in [2.05, 4.69) is 11.8 Å². The molecule has 0 amide bonds. The molecule has 0 saturated heterocycles. The third-order valence-electron chi connectivity index (χ3n) is 2.16. The summed E-state index contributed by atoms with van der Waals surface area (Å²) in [5.74, 6) is 6.79. The number of hydrogen-bond donors (Lipinski definition) is 0. The first-order chi connectivity index (χ1) is 9.01. The second-order valence-electron chi connectivity index (χ2n) is 3.84. The molecule has 0 aliphatic carbocycles. The van der Waals surface area contributed by atoms with Gasteiger partial charge >= 0.3 is 6.18 Å². The van der Waals surface area contributed by atoms with Crippen LogP contribution in [-0.2, 0) is 0 Å². The van der Waals surface area contributed by atoms with Gasteiger partial charge in [0, 0.05) is 24.3 Å². The van der Waals surface area contributed by atoms with Crippen molar-refractivity contribution in [3.63, 3.8) is 0 Å². The van der Waals surface area contributed by atoms with Crippen LogP contribution in [0.1, 0.15) is 24.8 Å². The highest BCUT2D eigenvalue weighted by atomic mass is 35.5. The smallest absolute Gasteiger partial charge is 0.389 e. The lowest BCUT2D eigenvalue weighted by atomic mass is 10.2. The van der Waals surface area contributed by atoms with E-state index in [1.165, 1.54) is 0 Å². The monoisotopic (exact) mass is 290 g/mol. The van der Waals surface area contributed by atoms with Crippen molar-refractivity contribution in [3.8, 4) is 17.6 Å². The van der Waals surface area contributed by atoms with Crippen LogP contribution >= 0.6 is 11.6 Å². The van der Waals surface area contributed by atoms with Gasteiger partial charge < -0.3 is 4.74 Å². The number of hydrogen-bond acceptors (Lipinski definition) is 1. The lowest BCUT2D eigenvalue weighted by molar-refractivity contribution is -0.136. The average molecular weight is 291 g/mol.